The molecule has 1 rings (SSSR count). The van der Waals surface area contributed by atoms with Crippen molar-refractivity contribution in [2.75, 3.05) is 26.2 Å². The normalized spacial score (nSPS) is 19.6. The molecule has 100 valence electrons. The van der Waals surface area contributed by atoms with Crippen molar-refractivity contribution in [2.45, 2.75) is 38.1 Å². The van der Waals surface area contributed by atoms with Crippen molar-refractivity contribution < 1.29 is 15.0 Å². The molecule has 0 amide bonds. The van der Waals surface area contributed by atoms with Gasteiger partial charge in [0, 0.05) is 19.7 Å². The Morgan fingerprint density at radius 2 is 2.18 bits per heavy atom. The van der Waals surface area contributed by atoms with Crippen molar-refractivity contribution in [1.29, 1.82) is 0 Å². The van der Waals surface area contributed by atoms with Gasteiger partial charge in [-0.25, -0.2) is 0 Å². The van der Waals surface area contributed by atoms with Crippen LogP contribution in [0, 0.1) is 5.92 Å². The maximum Gasteiger partial charge on any atom is 0.305 e. The largest absolute Gasteiger partial charge is 0.481 e. The SMILES string of the molecule is CCCC(CCO)CNC1(CC(=O)O)CNC1. The molecule has 5 nitrogen and oxygen atoms in total. The van der Waals surface area contributed by atoms with Gasteiger partial charge in [0.1, 0.15) is 0 Å². The Morgan fingerprint density at radius 1 is 1.47 bits per heavy atom. The van der Waals surface area contributed by atoms with Crippen LogP contribution in [0.3, 0.4) is 0 Å². The number of carbonyl (C=O) groups is 1. The summed E-state index contributed by atoms with van der Waals surface area (Å²) in [4.78, 5) is 10.8. The van der Waals surface area contributed by atoms with Crippen LogP contribution in [-0.4, -0.2) is 48.0 Å². The zero-order valence-corrected chi connectivity index (χ0v) is 10.5. The monoisotopic (exact) mass is 244 g/mol. The fraction of sp³-hybridized carbons (Fsp3) is 0.917. The molecule has 1 fully saturated rings. The van der Waals surface area contributed by atoms with E-state index in [0.29, 0.717) is 5.92 Å². The van der Waals surface area contributed by atoms with Crippen molar-refractivity contribution in [3.05, 3.63) is 0 Å². The third-order valence-electron chi connectivity index (χ3n) is 3.42. The summed E-state index contributed by atoms with van der Waals surface area (Å²) >= 11 is 0. The second kappa shape index (κ2) is 6.93. The number of carboxylic acids is 1. The average Bonchev–Trinajstić information content (AvgIpc) is 2.21. The third-order valence-corrected chi connectivity index (χ3v) is 3.42. The van der Waals surface area contributed by atoms with Crippen LogP contribution in [0.25, 0.3) is 0 Å². The maximum atomic E-state index is 10.8. The highest BCUT2D eigenvalue weighted by atomic mass is 16.4. The summed E-state index contributed by atoms with van der Waals surface area (Å²) in [6, 6.07) is 0. The second-order valence-electron chi connectivity index (χ2n) is 5.00. The van der Waals surface area contributed by atoms with E-state index in [4.69, 9.17) is 10.2 Å². The van der Waals surface area contributed by atoms with Gasteiger partial charge in [0.2, 0.25) is 0 Å². The molecular weight excluding hydrogens is 220 g/mol. The summed E-state index contributed by atoms with van der Waals surface area (Å²) < 4.78 is 0. The van der Waals surface area contributed by atoms with Gasteiger partial charge in [-0.3, -0.25) is 4.79 Å². The molecule has 0 aromatic carbocycles. The van der Waals surface area contributed by atoms with Crippen LogP contribution in [0.2, 0.25) is 0 Å². The van der Waals surface area contributed by atoms with E-state index in [2.05, 4.69) is 17.6 Å². The Kier molecular flexibility index (Phi) is 5.88. The minimum absolute atomic E-state index is 0.165. The summed E-state index contributed by atoms with van der Waals surface area (Å²) in [5, 5.41) is 24.4. The van der Waals surface area contributed by atoms with Crippen LogP contribution in [0.5, 0.6) is 0 Å². The average molecular weight is 244 g/mol. The van der Waals surface area contributed by atoms with E-state index >= 15 is 0 Å². The quantitative estimate of drug-likeness (QED) is 0.465. The summed E-state index contributed by atoms with van der Waals surface area (Å²) in [5.41, 5.74) is -0.271. The van der Waals surface area contributed by atoms with E-state index in [1.54, 1.807) is 0 Å². The molecule has 1 heterocycles. The number of aliphatic carboxylic acids is 1. The van der Waals surface area contributed by atoms with Gasteiger partial charge in [-0.2, -0.15) is 0 Å². The molecule has 0 aromatic rings. The van der Waals surface area contributed by atoms with Gasteiger partial charge in [-0.1, -0.05) is 13.3 Å². The van der Waals surface area contributed by atoms with Crippen LogP contribution < -0.4 is 10.6 Å². The van der Waals surface area contributed by atoms with Crippen molar-refractivity contribution in [3.63, 3.8) is 0 Å². The number of hydrogen-bond acceptors (Lipinski definition) is 4. The third kappa shape index (κ3) is 4.61. The predicted molar refractivity (Wildman–Crippen MR) is 66.0 cm³/mol. The van der Waals surface area contributed by atoms with E-state index in [1.807, 2.05) is 0 Å². The molecule has 0 spiro atoms. The minimum atomic E-state index is -0.756. The topological polar surface area (TPSA) is 81.6 Å². The Labute approximate surface area is 103 Å². The first-order valence-electron chi connectivity index (χ1n) is 6.40. The van der Waals surface area contributed by atoms with E-state index < -0.39 is 5.97 Å². The van der Waals surface area contributed by atoms with Gasteiger partial charge in [-0.05, 0) is 25.3 Å². The van der Waals surface area contributed by atoms with Gasteiger partial charge in [-0.15, -0.1) is 0 Å². The molecule has 0 aliphatic carbocycles. The fourth-order valence-corrected chi connectivity index (χ4v) is 2.33. The van der Waals surface area contributed by atoms with Crippen molar-refractivity contribution in [3.8, 4) is 0 Å². The van der Waals surface area contributed by atoms with Crippen LogP contribution in [-0.2, 0) is 4.79 Å². The van der Waals surface area contributed by atoms with Crippen LogP contribution >= 0.6 is 0 Å². The molecule has 0 saturated carbocycles. The summed E-state index contributed by atoms with van der Waals surface area (Å²) in [5.74, 6) is -0.315. The molecule has 1 aliphatic heterocycles. The molecule has 1 saturated heterocycles. The first kappa shape index (κ1) is 14.4. The molecule has 0 bridgehead atoms. The smallest absolute Gasteiger partial charge is 0.305 e. The van der Waals surface area contributed by atoms with Crippen molar-refractivity contribution >= 4 is 5.97 Å². The lowest BCUT2D eigenvalue weighted by atomic mass is 9.87. The zero-order valence-electron chi connectivity index (χ0n) is 10.5. The Bertz CT molecular complexity index is 236. The maximum absolute atomic E-state index is 10.8. The highest BCUT2D eigenvalue weighted by Crippen LogP contribution is 2.18. The van der Waals surface area contributed by atoms with Gasteiger partial charge < -0.3 is 20.8 Å². The molecule has 1 atom stereocenters. The van der Waals surface area contributed by atoms with E-state index in [-0.39, 0.29) is 18.6 Å². The number of carboxylic acid groups (broad SMARTS) is 1. The molecule has 17 heavy (non-hydrogen) atoms. The first-order valence-corrected chi connectivity index (χ1v) is 6.40. The number of hydrogen-bond donors (Lipinski definition) is 4. The van der Waals surface area contributed by atoms with E-state index in [1.165, 1.54) is 0 Å². The number of aliphatic hydroxyl groups is 1. The lowest BCUT2D eigenvalue weighted by molar-refractivity contribution is -0.139. The fourth-order valence-electron chi connectivity index (χ4n) is 2.33. The summed E-state index contributed by atoms with van der Waals surface area (Å²) in [6.45, 7) is 4.57. The minimum Gasteiger partial charge on any atom is -0.481 e. The van der Waals surface area contributed by atoms with E-state index in [9.17, 15) is 4.79 Å². The highest BCUT2D eigenvalue weighted by molar-refractivity contribution is 5.68. The zero-order chi connectivity index (χ0) is 12.7. The molecular formula is C12H24N2O3. The van der Waals surface area contributed by atoms with Crippen molar-refractivity contribution in [1.82, 2.24) is 10.6 Å². The molecule has 1 aliphatic rings. The van der Waals surface area contributed by atoms with Gasteiger partial charge >= 0.3 is 5.97 Å². The summed E-state index contributed by atoms with van der Waals surface area (Å²) in [7, 11) is 0. The van der Waals surface area contributed by atoms with Crippen LogP contribution in [0.4, 0.5) is 0 Å². The van der Waals surface area contributed by atoms with E-state index in [0.717, 1.165) is 38.9 Å². The first-order chi connectivity index (χ1) is 8.12. The Morgan fingerprint density at radius 3 is 2.59 bits per heavy atom. The lowest BCUT2D eigenvalue weighted by Crippen LogP contribution is -2.69. The number of nitrogens with one attached hydrogen (secondary N) is 2. The van der Waals surface area contributed by atoms with Crippen LogP contribution in [0.15, 0.2) is 0 Å². The Balaban J connectivity index is 2.37. The molecule has 5 heteroatoms. The standard InChI is InChI=1S/C12H24N2O3/c1-2-3-10(4-5-15)7-14-12(6-11(16)17)8-13-9-12/h10,13-15H,2-9H2,1H3,(H,16,17). The number of rotatable bonds is 9. The molecule has 0 aromatic heterocycles. The van der Waals surface area contributed by atoms with Crippen molar-refractivity contribution in [2.24, 2.45) is 5.92 Å². The molecule has 0 radical (unpaired) electrons. The van der Waals surface area contributed by atoms with Gasteiger partial charge in [0.05, 0.1) is 12.0 Å². The highest BCUT2D eigenvalue weighted by Gasteiger charge is 2.38. The number of aliphatic hydroxyl groups excluding tert-OH is 1. The van der Waals surface area contributed by atoms with Crippen LogP contribution in [0.1, 0.15) is 32.6 Å². The lowest BCUT2D eigenvalue weighted by Gasteiger charge is -2.43. The van der Waals surface area contributed by atoms with Gasteiger partial charge in [0.15, 0.2) is 0 Å². The Hall–Kier alpha value is -0.650. The molecule has 4 N–H and O–H groups in total. The second-order valence-corrected chi connectivity index (χ2v) is 5.00. The predicted octanol–water partition coefficient (Wildman–Crippen LogP) is 0.191. The van der Waals surface area contributed by atoms with Gasteiger partial charge in [0.25, 0.3) is 0 Å². The summed E-state index contributed by atoms with van der Waals surface area (Å²) in [6.07, 6.45) is 3.12. The molecule has 1 unspecified atom stereocenters.